The van der Waals surface area contributed by atoms with Gasteiger partial charge in [-0.1, -0.05) is 53.2 Å². The zero-order chi connectivity index (χ0) is 22.0. The van der Waals surface area contributed by atoms with Crippen LogP contribution in [0.1, 0.15) is 11.4 Å². The van der Waals surface area contributed by atoms with Gasteiger partial charge < -0.3 is 20.6 Å². The maximum atomic E-state index is 9.98. The van der Waals surface area contributed by atoms with E-state index >= 15 is 0 Å². The number of nitrogens with two attached hydrogens (primary N) is 1. The molecule has 1 aliphatic rings. The van der Waals surface area contributed by atoms with E-state index in [2.05, 4.69) is 9.80 Å². The van der Waals surface area contributed by atoms with Gasteiger partial charge in [0.05, 0.1) is 33.7 Å². The van der Waals surface area contributed by atoms with Crippen molar-refractivity contribution < 1.29 is 5.11 Å². The van der Waals surface area contributed by atoms with Crippen molar-refractivity contribution in [3.8, 4) is 0 Å². The van der Waals surface area contributed by atoms with Gasteiger partial charge in [-0.25, -0.2) is 9.97 Å². The van der Waals surface area contributed by atoms with Crippen LogP contribution >= 0.6 is 35.0 Å². The van der Waals surface area contributed by atoms with E-state index in [-0.39, 0.29) is 6.61 Å². The number of hydrogen-bond acceptors (Lipinski definition) is 7. The lowest BCUT2D eigenvalue weighted by molar-refractivity contribution is 0.275. The lowest BCUT2D eigenvalue weighted by atomic mass is 10.2. The van der Waals surface area contributed by atoms with Crippen molar-refractivity contribution in [1.82, 2.24) is 9.97 Å². The average Bonchev–Trinajstić information content (AvgIpc) is 2.78. The Balaban J connectivity index is 1.54. The Hall–Kier alpha value is -2.19. The first-order valence-electron chi connectivity index (χ1n) is 9.92. The third kappa shape index (κ3) is 4.70. The number of rotatable bonds is 5. The molecule has 2 aromatic carbocycles. The fourth-order valence-electron chi connectivity index (χ4n) is 3.58. The zero-order valence-electron chi connectivity index (χ0n) is 17.1. The first kappa shape index (κ1) is 22.0. The van der Waals surface area contributed by atoms with Gasteiger partial charge in [0.25, 0.3) is 0 Å². The molecule has 0 aliphatic carbocycles. The Kier molecular flexibility index (Phi) is 6.77. The van der Waals surface area contributed by atoms with Crippen molar-refractivity contribution in [2.45, 2.75) is 23.5 Å². The molecule has 0 amide bonds. The van der Waals surface area contributed by atoms with Crippen LogP contribution in [-0.2, 0) is 6.61 Å². The van der Waals surface area contributed by atoms with Crippen molar-refractivity contribution >= 4 is 52.2 Å². The highest BCUT2D eigenvalue weighted by Gasteiger charge is 2.23. The Morgan fingerprint density at radius 2 is 1.71 bits per heavy atom. The number of nitrogens with zero attached hydrogens (tertiary/aromatic N) is 4. The molecule has 1 aliphatic heterocycles. The van der Waals surface area contributed by atoms with Gasteiger partial charge in [-0.05, 0) is 31.2 Å². The molecule has 3 aromatic rings. The van der Waals surface area contributed by atoms with Crippen LogP contribution in [-0.4, -0.2) is 41.3 Å². The van der Waals surface area contributed by atoms with Crippen LogP contribution in [0.15, 0.2) is 52.4 Å². The molecule has 9 heteroatoms. The number of hydrogen-bond donors (Lipinski definition) is 2. The molecule has 2 heterocycles. The monoisotopic (exact) mass is 475 g/mol. The average molecular weight is 476 g/mol. The summed E-state index contributed by atoms with van der Waals surface area (Å²) < 4.78 is 0. The number of anilines is 3. The summed E-state index contributed by atoms with van der Waals surface area (Å²) in [5.41, 5.74) is 9.30. The molecule has 162 valence electrons. The third-order valence-corrected chi connectivity index (χ3v) is 7.28. The first-order chi connectivity index (χ1) is 15.0. The quantitative estimate of drug-likeness (QED) is 0.520. The number of aliphatic hydroxyl groups is 1. The van der Waals surface area contributed by atoms with Crippen molar-refractivity contribution in [2.75, 3.05) is 41.7 Å². The predicted molar refractivity (Wildman–Crippen MR) is 129 cm³/mol. The van der Waals surface area contributed by atoms with Crippen LogP contribution in [0.2, 0.25) is 10.0 Å². The SMILES string of the molecule is Cc1nc(N2CCN(c3ccccc3N)CC2)c(CO)nc1Sc1cccc(Cl)c1Cl. The van der Waals surface area contributed by atoms with Crippen LogP contribution in [0, 0.1) is 6.92 Å². The van der Waals surface area contributed by atoms with E-state index in [9.17, 15) is 5.11 Å². The van der Waals surface area contributed by atoms with E-state index in [1.807, 2.05) is 43.3 Å². The molecule has 0 radical (unpaired) electrons. The summed E-state index contributed by atoms with van der Waals surface area (Å²) in [7, 11) is 0. The zero-order valence-corrected chi connectivity index (χ0v) is 19.4. The van der Waals surface area contributed by atoms with Crippen LogP contribution < -0.4 is 15.5 Å². The Bertz CT molecular complexity index is 1090. The van der Waals surface area contributed by atoms with E-state index < -0.39 is 0 Å². The molecule has 31 heavy (non-hydrogen) atoms. The number of aryl methyl sites for hydroxylation is 1. The molecule has 0 bridgehead atoms. The minimum Gasteiger partial charge on any atom is -0.397 e. The highest BCUT2D eigenvalue weighted by molar-refractivity contribution is 7.99. The van der Waals surface area contributed by atoms with Gasteiger partial charge in [0.2, 0.25) is 0 Å². The summed E-state index contributed by atoms with van der Waals surface area (Å²) in [6.07, 6.45) is 0. The number of aliphatic hydroxyl groups excluding tert-OH is 1. The van der Waals surface area contributed by atoms with Gasteiger partial charge in [-0.15, -0.1) is 0 Å². The van der Waals surface area contributed by atoms with Gasteiger partial charge in [-0.2, -0.15) is 0 Å². The molecule has 0 saturated carbocycles. The minimum atomic E-state index is -0.189. The van der Waals surface area contributed by atoms with Crippen LogP contribution in [0.4, 0.5) is 17.2 Å². The Morgan fingerprint density at radius 3 is 2.42 bits per heavy atom. The van der Waals surface area contributed by atoms with Gasteiger partial charge >= 0.3 is 0 Å². The van der Waals surface area contributed by atoms with Crippen LogP contribution in [0.5, 0.6) is 0 Å². The van der Waals surface area contributed by atoms with E-state index in [1.54, 1.807) is 6.07 Å². The maximum absolute atomic E-state index is 9.98. The normalized spacial score (nSPS) is 14.2. The number of nitrogen functional groups attached to an aromatic ring is 1. The molecule has 0 unspecified atom stereocenters. The highest BCUT2D eigenvalue weighted by atomic mass is 35.5. The van der Waals surface area contributed by atoms with E-state index in [0.717, 1.165) is 54.0 Å². The fourth-order valence-corrected chi connectivity index (χ4v) is 4.96. The number of para-hydroxylation sites is 2. The fraction of sp³-hybridized carbons (Fsp3) is 0.273. The van der Waals surface area contributed by atoms with E-state index in [1.165, 1.54) is 11.8 Å². The second kappa shape index (κ2) is 9.53. The topological polar surface area (TPSA) is 78.5 Å². The molecule has 6 nitrogen and oxygen atoms in total. The largest absolute Gasteiger partial charge is 0.397 e. The molecule has 3 N–H and O–H groups in total. The summed E-state index contributed by atoms with van der Waals surface area (Å²) in [5.74, 6) is 0.724. The van der Waals surface area contributed by atoms with Crippen molar-refractivity contribution in [2.24, 2.45) is 0 Å². The molecule has 1 saturated heterocycles. The number of piperazine rings is 1. The molecule has 0 atom stereocenters. The van der Waals surface area contributed by atoms with Crippen molar-refractivity contribution in [1.29, 1.82) is 0 Å². The van der Waals surface area contributed by atoms with E-state index in [4.69, 9.17) is 38.9 Å². The van der Waals surface area contributed by atoms with Gasteiger partial charge in [-0.3, -0.25) is 0 Å². The van der Waals surface area contributed by atoms with Gasteiger partial charge in [0.1, 0.15) is 10.7 Å². The highest BCUT2D eigenvalue weighted by Crippen LogP contribution is 2.38. The lowest BCUT2D eigenvalue weighted by Crippen LogP contribution is -2.47. The summed E-state index contributed by atoms with van der Waals surface area (Å²) in [4.78, 5) is 14.7. The molecule has 4 rings (SSSR count). The lowest BCUT2D eigenvalue weighted by Gasteiger charge is -2.37. The summed E-state index contributed by atoms with van der Waals surface area (Å²) in [5, 5.41) is 11.7. The van der Waals surface area contributed by atoms with Gasteiger partial charge in [0.15, 0.2) is 5.82 Å². The Morgan fingerprint density at radius 1 is 1.00 bits per heavy atom. The van der Waals surface area contributed by atoms with Crippen LogP contribution in [0.3, 0.4) is 0 Å². The Labute approximate surface area is 196 Å². The smallest absolute Gasteiger partial charge is 0.153 e. The standard InChI is InChI=1S/C22H23Cl2N5OS/c1-14-22(31-19-8-4-5-15(23)20(19)24)27-17(13-30)21(26-14)29-11-9-28(10-12-29)18-7-3-2-6-16(18)25/h2-8,30H,9-13,25H2,1H3. The molecule has 1 aromatic heterocycles. The second-order valence-electron chi connectivity index (χ2n) is 7.23. The molecule has 1 fully saturated rings. The second-order valence-corrected chi connectivity index (χ2v) is 9.05. The minimum absolute atomic E-state index is 0.189. The number of aromatic nitrogens is 2. The number of benzene rings is 2. The van der Waals surface area contributed by atoms with Gasteiger partial charge in [0, 0.05) is 31.1 Å². The molecule has 0 spiro atoms. The third-order valence-electron chi connectivity index (χ3n) is 5.21. The van der Waals surface area contributed by atoms with Crippen LogP contribution in [0.25, 0.3) is 0 Å². The summed E-state index contributed by atoms with van der Waals surface area (Å²) >= 11 is 13.9. The molecular weight excluding hydrogens is 453 g/mol. The number of halogens is 2. The summed E-state index contributed by atoms with van der Waals surface area (Å²) in [6.45, 7) is 4.89. The van der Waals surface area contributed by atoms with Crippen molar-refractivity contribution in [3.05, 3.63) is 63.9 Å². The predicted octanol–water partition coefficient (Wildman–Crippen LogP) is 4.64. The summed E-state index contributed by atoms with van der Waals surface area (Å²) in [6, 6.07) is 13.4. The molecular formula is C22H23Cl2N5OS. The maximum Gasteiger partial charge on any atom is 0.153 e. The van der Waals surface area contributed by atoms with E-state index in [0.29, 0.717) is 20.8 Å². The first-order valence-corrected chi connectivity index (χ1v) is 11.5. The van der Waals surface area contributed by atoms with Crippen molar-refractivity contribution in [3.63, 3.8) is 0 Å².